The maximum absolute atomic E-state index is 12.7. The Balaban J connectivity index is 2.03. The van der Waals surface area contributed by atoms with E-state index in [0.29, 0.717) is 31.2 Å². The van der Waals surface area contributed by atoms with Crippen molar-refractivity contribution in [1.82, 2.24) is 5.32 Å². The van der Waals surface area contributed by atoms with Gasteiger partial charge >= 0.3 is 11.9 Å². The quantitative estimate of drug-likeness (QED) is 0.369. The largest absolute Gasteiger partial charge is 0.481 e. The number of nitrogens with one attached hydrogen (secondary N) is 1. The van der Waals surface area contributed by atoms with Crippen molar-refractivity contribution >= 4 is 17.8 Å². The maximum Gasteiger partial charge on any atom is 0.309 e. The number of hydrogen-bond donors (Lipinski definition) is 2. The van der Waals surface area contributed by atoms with Gasteiger partial charge in [0.15, 0.2) is 0 Å². The summed E-state index contributed by atoms with van der Waals surface area (Å²) in [5.74, 6) is -2.31. The highest BCUT2D eigenvalue weighted by atomic mass is 16.6. The lowest BCUT2D eigenvalue weighted by atomic mass is 9.86. The number of aliphatic carboxylic acids is 1. The third kappa shape index (κ3) is 9.19. The summed E-state index contributed by atoms with van der Waals surface area (Å²) < 4.78 is 5.57. The zero-order valence-electron chi connectivity index (χ0n) is 21.6. The molecule has 0 saturated carbocycles. The van der Waals surface area contributed by atoms with Crippen LogP contribution >= 0.6 is 0 Å². The van der Waals surface area contributed by atoms with Gasteiger partial charge in [0.05, 0.1) is 11.8 Å². The number of aryl methyl sites for hydroxylation is 1. The second-order valence-electron chi connectivity index (χ2n) is 10.0. The summed E-state index contributed by atoms with van der Waals surface area (Å²) in [5, 5.41) is 12.4. The summed E-state index contributed by atoms with van der Waals surface area (Å²) in [6, 6.07) is 15.4. The molecule has 0 saturated heterocycles. The molecule has 0 unspecified atom stereocenters. The van der Waals surface area contributed by atoms with E-state index in [1.165, 1.54) is 0 Å². The Kier molecular flexibility index (Phi) is 10.5. The number of ether oxygens (including phenoxy) is 1. The molecule has 2 atom stereocenters. The first-order valence-electron chi connectivity index (χ1n) is 12.4. The van der Waals surface area contributed by atoms with E-state index in [1.807, 2.05) is 57.2 Å². The van der Waals surface area contributed by atoms with E-state index in [9.17, 15) is 19.5 Å². The van der Waals surface area contributed by atoms with Crippen LogP contribution in [-0.4, -0.2) is 35.6 Å². The van der Waals surface area contributed by atoms with Crippen molar-refractivity contribution in [2.75, 3.05) is 7.05 Å². The molecule has 0 fully saturated rings. The fourth-order valence-corrected chi connectivity index (χ4v) is 4.02. The van der Waals surface area contributed by atoms with Crippen molar-refractivity contribution in [3.63, 3.8) is 0 Å². The molecule has 6 heteroatoms. The minimum Gasteiger partial charge on any atom is -0.481 e. The molecule has 0 aromatic heterocycles. The second kappa shape index (κ2) is 13.1. The Hall–Kier alpha value is -3.15. The number of carboxylic acid groups (broad SMARTS) is 1. The predicted octanol–water partition coefficient (Wildman–Crippen LogP) is 5.88. The van der Waals surface area contributed by atoms with Crippen LogP contribution < -0.4 is 5.32 Å². The van der Waals surface area contributed by atoms with Crippen molar-refractivity contribution in [2.45, 2.75) is 71.8 Å². The van der Waals surface area contributed by atoms with Crippen molar-refractivity contribution < 1.29 is 24.2 Å². The number of amides is 1. The molecular weight excluding hydrogens is 442 g/mol. The number of esters is 1. The van der Waals surface area contributed by atoms with Crippen molar-refractivity contribution in [3.05, 3.63) is 59.7 Å². The summed E-state index contributed by atoms with van der Waals surface area (Å²) in [5.41, 5.74) is 3.09. The molecule has 0 heterocycles. The average Bonchev–Trinajstić information content (AvgIpc) is 2.82. The summed E-state index contributed by atoms with van der Waals surface area (Å²) in [4.78, 5) is 36.4. The Labute approximate surface area is 209 Å². The Bertz CT molecular complexity index is 974. The minimum absolute atomic E-state index is 0.122. The molecule has 2 rings (SSSR count). The van der Waals surface area contributed by atoms with Gasteiger partial charge in [0.25, 0.3) is 5.91 Å². The van der Waals surface area contributed by atoms with Crippen LogP contribution in [0.5, 0.6) is 0 Å². The van der Waals surface area contributed by atoms with E-state index in [-0.39, 0.29) is 11.9 Å². The molecule has 0 aliphatic rings. The van der Waals surface area contributed by atoms with Crippen LogP contribution in [0.1, 0.15) is 75.7 Å². The highest BCUT2D eigenvalue weighted by Crippen LogP contribution is 2.27. The van der Waals surface area contributed by atoms with Gasteiger partial charge < -0.3 is 15.2 Å². The summed E-state index contributed by atoms with van der Waals surface area (Å²) in [7, 11) is 1.60. The molecule has 0 radical (unpaired) electrons. The number of hydrogen-bond acceptors (Lipinski definition) is 4. The van der Waals surface area contributed by atoms with Crippen molar-refractivity contribution in [3.8, 4) is 11.1 Å². The van der Waals surface area contributed by atoms with Gasteiger partial charge in [0.2, 0.25) is 0 Å². The molecule has 0 bridgehead atoms. The van der Waals surface area contributed by atoms with Gasteiger partial charge in [-0.25, -0.2) is 0 Å². The fourth-order valence-electron chi connectivity index (χ4n) is 4.02. The average molecular weight is 482 g/mol. The van der Waals surface area contributed by atoms with Gasteiger partial charge in [-0.15, -0.1) is 0 Å². The van der Waals surface area contributed by atoms with Crippen LogP contribution in [0.3, 0.4) is 0 Å². The standard InChI is InChI=1S/C29H39NO5/c1-6-7-8-25(28(34)35-29(2,3)4)19-24(27(32)33)14-11-20-9-12-21(13-10-20)22-15-17-23(18-16-22)26(31)30-5/h9-10,12-13,15-18,24-25H,6-8,11,14,19H2,1-5H3,(H,30,31)(H,32,33)/t24-,25-/m0/s1. The Morgan fingerprint density at radius 1 is 0.914 bits per heavy atom. The van der Waals surface area contributed by atoms with Crippen LogP contribution in [0.4, 0.5) is 0 Å². The molecular formula is C29H39NO5. The van der Waals surface area contributed by atoms with E-state index in [0.717, 1.165) is 29.5 Å². The van der Waals surface area contributed by atoms with E-state index in [1.54, 1.807) is 19.2 Å². The predicted molar refractivity (Wildman–Crippen MR) is 138 cm³/mol. The van der Waals surface area contributed by atoms with Crippen LogP contribution in [-0.2, 0) is 20.7 Å². The number of carbonyl (C=O) groups is 3. The van der Waals surface area contributed by atoms with Gasteiger partial charge in [-0.2, -0.15) is 0 Å². The summed E-state index contributed by atoms with van der Waals surface area (Å²) in [6.07, 6.45) is 3.81. The van der Waals surface area contributed by atoms with Crippen molar-refractivity contribution in [1.29, 1.82) is 0 Å². The van der Waals surface area contributed by atoms with Crippen molar-refractivity contribution in [2.24, 2.45) is 11.8 Å². The second-order valence-corrected chi connectivity index (χ2v) is 10.0. The third-order valence-corrected chi connectivity index (χ3v) is 6.01. The van der Waals surface area contributed by atoms with E-state index in [2.05, 4.69) is 12.2 Å². The number of benzene rings is 2. The fraction of sp³-hybridized carbons (Fsp3) is 0.483. The van der Waals surface area contributed by atoms with Gasteiger partial charge in [-0.1, -0.05) is 56.2 Å². The number of rotatable bonds is 12. The van der Waals surface area contributed by atoms with Gasteiger partial charge in [-0.05, 0) is 75.3 Å². The van der Waals surface area contributed by atoms with E-state index in [4.69, 9.17) is 4.74 Å². The van der Waals surface area contributed by atoms with Crippen LogP contribution in [0.15, 0.2) is 48.5 Å². The molecule has 0 aliphatic heterocycles. The summed E-state index contributed by atoms with van der Waals surface area (Å²) >= 11 is 0. The van der Waals surface area contributed by atoms with E-state index >= 15 is 0 Å². The zero-order chi connectivity index (χ0) is 26.0. The highest BCUT2D eigenvalue weighted by molar-refractivity contribution is 5.94. The molecule has 35 heavy (non-hydrogen) atoms. The van der Waals surface area contributed by atoms with E-state index < -0.39 is 23.4 Å². The van der Waals surface area contributed by atoms with Crippen LogP contribution in [0, 0.1) is 11.8 Å². The normalized spacial score (nSPS) is 13.1. The first-order valence-corrected chi connectivity index (χ1v) is 12.4. The highest BCUT2D eigenvalue weighted by Gasteiger charge is 2.30. The molecule has 190 valence electrons. The number of unbranched alkanes of at least 4 members (excludes halogenated alkanes) is 1. The number of carboxylic acids is 1. The topological polar surface area (TPSA) is 92.7 Å². The maximum atomic E-state index is 12.7. The lowest BCUT2D eigenvalue weighted by Gasteiger charge is -2.25. The molecule has 0 aliphatic carbocycles. The SMILES string of the molecule is CCCC[C@@H](C[C@H](CCc1ccc(-c2ccc(C(=O)NC)cc2)cc1)C(=O)O)C(=O)OC(C)(C)C. The lowest BCUT2D eigenvalue weighted by molar-refractivity contribution is -0.161. The Morgan fingerprint density at radius 2 is 1.49 bits per heavy atom. The van der Waals surface area contributed by atoms with Crippen LogP contribution in [0.25, 0.3) is 11.1 Å². The third-order valence-electron chi connectivity index (χ3n) is 6.01. The molecule has 2 N–H and O–H groups in total. The zero-order valence-corrected chi connectivity index (χ0v) is 21.6. The molecule has 1 amide bonds. The van der Waals surface area contributed by atoms with Crippen LogP contribution in [0.2, 0.25) is 0 Å². The van der Waals surface area contributed by atoms with Gasteiger partial charge in [0.1, 0.15) is 5.60 Å². The molecule has 0 spiro atoms. The molecule has 2 aromatic carbocycles. The Morgan fingerprint density at radius 3 is 1.97 bits per heavy atom. The lowest BCUT2D eigenvalue weighted by Crippen LogP contribution is -2.31. The minimum atomic E-state index is -0.872. The van der Waals surface area contributed by atoms with Gasteiger partial charge in [0, 0.05) is 12.6 Å². The monoisotopic (exact) mass is 481 g/mol. The molecule has 2 aromatic rings. The first-order chi connectivity index (χ1) is 16.5. The van der Waals surface area contributed by atoms with Gasteiger partial charge in [-0.3, -0.25) is 14.4 Å². The first kappa shape index (κ1) is 28.1. The molecule has 6 nitrogen and oxygen atoms in total. The smallest absolute Gasteiger partial charge is 0.309 e. The number of carbonyl (C=O) groups excluding carboxylic acids is 2. The summed E-state index contributed by atoms with van der Waals surface area (Å²) in [6.45, 7) is 7.55.